The molecule has 2 nitrogen and oxygen atoms in total. The van der Waals surface area contributed by atoms with Crippen molar-refractivity contribution in [1.82, 2.24) is 0 Å². The van der Waals surface area contributed by atoms with Crippen LogP contribution >= 0.6 is 0 Å². The summed E-state index contributed by atoms with van der Waals surface area (Å²) >= 11 is 0. The zero-order valence-electron chi connectivity index (χ0n) is 9.00. The summed E-state index contributed by atoms with van der Waals surface area (Å²) in [5.74, 6) is 1.06. The van der Waals surface area contributed by atoms with E-state index in [-0.39, 0.29) is 12.1 Å². The lowest BCUT2D eigenvalue weighted by atomic mass is 10.00. The Kier molecular flexibility index (Phi) is 2.23. The second kappa shape index (κ2) is 3.28. The molecule has 2 heteroatoms. The number of hydrogen-bond donors (Lipinski definition) is 1. The van der Waals surface area contributed by atoms with Gasteiger partial charge in [-0.1, -0.05) is 12.1 Å². The van der Waals surface area contributed by atoms with Gasteiger partial charge in [0.25, 0.3) is 0 Å². The van der Waals surface area contributed by atoms with Crippen LogP contribution in [-0.4, -0.2) is 12.1 Å². The Labute approximate surface area is 85.1 Å². The molecule has 0 saturated carbocycles. The van der Waals surface area contributed by atoms with E-state index in [2.05, 4.69) is 26.0 Å². The predicted molar refractivity (Wildman–Crippen MR) is 57.7 cm³/mol. The fourth-order valence-corrected chi connectivity index (χ4v) is 1.95. The summed E-state index contributed by atoms with van der Waals surface area (Å²) in [6.07, 6.45) is 1.12. The van der Waals surface area contributed by atoms with Crippen molar-refractivity contribution in [2.24, 2.45) is 5.73 Å². The zero-order valence-corrected chi connectivity index (χ0v) is 9.00. The van der Waals surface area contributed by atoms with Crippen LogP contribution in [0.25, 0.3) is 0 Å². The van der Waals surface area contributed by atoms with E-state index in [4.69, 9.17) is 10.5 Å². The first-order valence-electron chi connectivity index (χ1n) is 5.11. The summed E-state index contributed by atoms with van der Waals surface area (Å²) in [6, 6.07) is 4.36. The molecule has 2 N–H and O–H groups in total. The van der Waals surface area contributed by atoms with E-state index in [9.17, 15) is 0 Å². The fraction of sp³-hybridized carbons (Fsp3) is 0.500. The van der Waals surface area contributed by atoms with E-state index in [1.165, 1.54) is 16.7 Å². The second-order valence-corrected chi connectivity index (χ2v) is 4.23. The van der Waals surface area contributed by atoms with Crippen molar-refractivity contribution in [1.29, 1.82) is 0 Å². The van der Waals surface area contributed by atoms with Crippen LogP contribution in [0, 0.1) is 13.8 Å². The molecule has 2 rings (SSSR count). The third-order valence-corrected chi connectivity index (χ3v) is 2.95. The van der Waals surface area contributed by atoms with E-state index in [1.807, 2.05) is 6.92 Å². The third kappa shape index (κ3) is 1.40. The predicted octanol–water partition coefficient (Wildman–Crippen LogP) is 1.95. The van der Waals surface area contributed by atoms with Crippen molar-refractivity contribution in [2.75, 3.05) is 0 Å². The van der Waals surface area contributed by atoms with Crippen LogP contribution in [0.3, 0.4) is 0 Å². The first-order chi connectivity index (χ1) is 6.59. The molecule has 0 aliphatic carbocycles. The molecule has 76 valence electrons. The molecule has 0 amide bonds. The minimum Gasteiger partial charge on any atom is -0.488 e. The minimum atomic E-state index is 0.0983. The van der Waals surface area contributed by atoms with Gasteiger partial charge in [0, 0.05) is 18.0 Å². The molecular weight excluding hydrogens is 174 g/mol. The lowest BCUT2D eigenvalue weighted by molar-refractivity contribution is 0.205. The lowest BCUT2D eigenvalue weighted by Crippen LogP contribution is -2.34. The van der Waals surface area contributed by atoms with Gasteiger partial charge < -0.3 is 10.5 Å². The standard InChI is InChI=1S/C12H17NO/c1-7-4-5-8(2)12-10(7)6-11(14-12)9(3)13/h4-5,9,11H,6,13H2,1-3H3. The van der Waals surface area contributed by atoms with E-state index < -0.39 is 0 Å². The molecule has 1 heterocycles. The quantitative estimate of drug-likeness (QED) is 0.736. The van der Waals surface area contributed by atoms with Gasteiger partial charge in [0.1, 0.15) is 11.9 Å². The van der Waals surface area contributed by atoms with Gasteiger partial charge in [-0.25, -0.2) is 0 Å². The number of nitrogens with two attached hydrogens (primary N) is 1. The molecule has 2 unspecified atom stereocenters. The Morgan fingerprint density at radius 3 is 2.57 bits per heavy atom. The number of rotatable bonds is 1. The van der Waals surface area contributed by atoms with Gasteiger partial charge in [-0.3, -0.25) is 0 Å². The largest absolute Gasteiger partial charge is 0.488 e. The first kappa shape index (κ1) is 9.53. The number of fused-ring (bicyclic) bond motifs is 1. The second-order valence-electron chi connectivity index (χ2n) is 4.23. The Morgan fingerprint density at radius 1 is 1.36 bits per heavy atom. The maximum atomic E-state index is 5.85. The van der Waals surface area contributed by atoms with Crippen molar-refractivity contribution in [2.45, 2.75) is 39.3 Å². The number of ether oxygens (including phenoxy) is 1. The molecular formula is C12H17NO. The molecule has 2 atom stereocenters. The van der Waals surface area contributed by atoms with Gasteiger partial charge in [0.2, 0.25) is 0 Å². The van der Waals surface area contributed by atoms with Crippen molar-refractivity contribution < 1.29 is 4.74 Å². The molecule has 1 aromatic rings. The van der Waals surface area contributed by atoms with Gasteiger partial charge in [-0.05, 0) is 31.9 Å². The average molecular weight is 191 g/mol. The summed E-state index contributed by atoms with van der Waals surface area (Å²) in [4.78, 5) is 0. The highest BCUT2D eigenvalue weighted by molar-refractivity contribution is 5.48. The van der Waals surface area contributed by atoms with E-state index in [1.54, 1.807) is 0 Å². The van der Waals surface area contributed by atoms with Crippen LogP contribution in [0.4, 0.5) is 0 Å². The first-order valence-corrected chi connectivity index (χ1v) is 5.11. The monoisotopic (exact) mass is 191 g/mol. The molecule has 0 spiro atoms. The summed E-state index contributed by atoms with van der Waals surface area (Å²) < 4.78 is 5.85. The van der Waals surface area contributed by atoms with Crippen LogP contribution in [-0.2, 0) is 6.42 Å². The number of benzene rings is 1. The topological polar surface area (TPSA) is 35.2 Å². The maximum Gasteiger partial charge on any atom is 0.126 e. The third-order valence-electron chi connectivity index (χ3n) is 2.95. The molecule has 14 heavy (non-hydrogen) atoms. The van der Waals surface area contributed by atoms with Crippen LogP contribution in [0.2, 0.25) is 0 Å². The van der Waals surface area contributed by atoms with Gasteiger partial charge >= 0.3 is 0 Å². The summed E-state index contributed by atoms with van der Waals surface area (Å²) in [5.41, 5.74) is 9.72. The maximum absolute atomic E-state index is 5.85. The van der Waals surface area contributed by atoms with Gasteiger partial charge in [-0.15, -0.1) is 0 Å². The normalized spacial score (nSPS) is 21.6. The molecule has 1 aliphatic rings. The summed E-state index contributed by atoms with van der Waals surface area (Å²) in [6.45, 7) is 6.22. The average Bonchev–Trinajstić information content (AvgIpc) is 2.57. The molecule has 0 fully saturated rings. The SMILES string of the molecule is Cc1ccc(C)c2c1CC(C(C)N)O2. The van der Waals surface area contributed by atoms with Crippen LogP contribution in [0.15, 0.2) is 12.1 Å². The van der Waals surface area contributed by atoms with Gasteiger partial charge in [0.05, 0.1) is 0 Å². The lowest BCUT2D eigenvalue weighted by Gasteiger charge is -2.14. The fourth-order valence-electron chi connectivity index (χ4n) is 1.95. The number of aryl methyl sites for hydroxylation is 2. The molecule has 0 aromatic heterocycles. The Bertz CT molecular complexity index is 327. The Hall–Kier alpha value is -1.02. The van der Waals surface area contributed by atoms with Crippen molar-refractivity contribution >= 4 is 0 Å². The van der Waals surface area contributed by atoms with Crippen molar-refractivity contribution in [3.05, 3.63) is 28.8 Å². The van der Waals surface area contributed by atoms with E-state index in [0.29, 0.717) is 0 Å². The highest BCUT2D eigenvalue weighted by Gasteiger charge is 2.28. The molecule has 0 bridgehead atoms. The zero-order chi connectivity index (χ0) is 10.3. The highest BCUT2D eigenvalue weighted by atomic mass is 16.5. The molecule has 1 aliphatic heterocycles. The summed E-state index contributed by atoms with van der Waals surface area (Å²) in [7, 11) is 0. The van der Waals surface area contributed by atoms with Crippen LogP contribution < -0.4 is 10.5 Å². The van der Waals surface area contributed by atoms with Gasteiger partial charge in [-0.2, -0.15) is 0 Å². The molecule has 0 radical (unpaired) electrons. The van der Waals surface area contributed by atoms with Crippen LogP contribution in [0.5, 0.6) is 5.75 Å². The van der Waals surface area contributed by atoms with E-state index >= 15 is 0 Å². The Balaban J connectivity index is 2.38. The minimum absolute atomic E-state index is 0.0983. The van der Waals surface area contributed by atoms with E-state index in [0.717, 1.165) is 12.2 Å². The molecule has 0 saturated heterocycles. The Morgan fingerprint density at radius 2 is 2.00 bits per heavy atom. The smallest absolute Gasteiger partial charge is 0.126 e. The van der Waals surface area contributed by atoms with Crippen molar-refractivity contribution in [3.63, 3.8) is 0 Å². The van der Waals surface area contributed by atoms with Gasteiger partial charge in [0.15, 0.2) is 0 Å². The highest BCUT2D eigenvalue weighted by Crippen LogP contribution is 2.35. The van der Waals surface area contributed by atoms with Crippen molar-refractivity contribution in [3.8, 4) is 5.75 Å². The van der Waals surface area contributed by atoms with Crippen LogP contribution in [0.1, 0.15) is 23.6 Å². The number of hydrogen-bond acceptors (Lipinski definition) is 2. The summed E-state index contributed by atoms with van der Waals surface area (Å²) in [5, 5.41) is 0. The molecule has 1 aromatic carbocycles.